The Balaban J connectivity index is 2.08. The van der Waals surface area contributed by atoms with E-state index in [0.717, 1.165) is 11.1 Å². The summed E-state index contributed by atoms with van der Waals surface area (Å²) in [6, 6.07) is 13.3. The van der Waals surface area contributed by atoms with Crippen LogP contribution in [0, 0.1) is 0 Å². The van der Waals surface area contributed by atoms with Crippen molar-refractivity contribution in [3.05, 3.63) is 65.5 Å². The Kier molecular flexibility index (Phi) is 4.26. The van der Waals surface area contributed by atoms with Crippen LogP contribution in [-0.4, -0.2) is 10.9 Å². The molecule has 0 aliphatic carbocycles. The summed E-state index contributed by atoms with van der Waals surface area (Å²) in [6.07, 6.45) is 1.60. The zero-order valence-corrected chi connectivity index (χ0v) is 10.8. The summed E-state index contributed by atoms with van der Waals surface area (Å²) in [5.41, 5.74) is 7.90. The maximum atomic E-state index is 12.1. The van der Waals surface area contributed by atoms with E-state index in [1.165, 1.54) is 0 Å². The fraction of sp³-hybridized carbons (Fsp3) is 0.200. The van der Waals surface area contributed by atoms with Gasteiger partial charge in [0, 0.05) is 12.7 Å². The van der Waals surface area contributed by atoms with Crippen molar-refractivity contribution in [1.29, 1.82) is 0 Å². The molecule has 0 saturated heterocycles. The Labute approximate surface area is 112 Å². The summed E-state index contributed by atoms with van der Waals surface area (Å²) in [6.45, 7) is 2.34. The third-order valence-corrected chi connectivity index (χ3v) is 2.94. The molecule has 0 bridgehead atoms. The van der Waals surface area contributed by atoms with Crippen molar-refractivity contribution in [3.63, 3.8) is 0 Å². The van der Waals surface area contributed by atoms with E-state index >= 15 is 0 Å². The van der Waals surface area contributed by atoms with E-state index in [1.54, 1.807) is 18.3 Å². The lowest BCUT2D eigenvalue weighted by atomic mass is 10.1. The van der Waals surface area contributed by atoms with Crippen molar-refractivity contribution in [3.8, 4) is 0 Å². The highest BCUT2D eigenvalue weighted by atomic mass is 16.1. The molecular formula is C15H17N3O. The predicted molar refractivity (Wildman–Crippen MR) is 74.5 cm³/mol. The molecule has 0 aliphatic rings. The Morgan fingerprint density at radius 3 is 2.74 bits per heavy atom. The number of hydrogen-bond acceptors (Lipinski definition) is 3. The van der Waals surface area contributed by atoms with Gasteiger partial charge in [0.25, 0.3) is 5.91 Å². The summed E-state index contributed by atoms with van der Waals surface area (Å²) in [7, 11) is 0. The molecule has 0 aliphatic heterocycles. The van der Waals surface area contributed by atoms with Crippen molar-refractivity contribution in [2.45, 2.75) is 19.5 Å². The van der Waals surface area contributed by atoms with Gasteiger partial charge in [0.1, 0.15) is 5.69 Å². The average Bonchev–Trinajstić information content (AvgIpc) is 2.48. The fourth-order valence-electron chi connectivity index (χ4n) is 1.82. The minimum atomic E-state index is -0.188. The minimum Gasteiger partial charge on any atom is -0.344 e. The van der Waals surface area contributed by atoms with Crippen LogP contribution in [0.25, 0.3) is 0 Å². The molecule has 4 heteroatoms. The lowest BCUT2D eigenvalue weighted by molar-refractivity contribution is 0.0934. The first-order valence-corrected chi connectivity index (χ1v) is 6.21. The largest absolute Gasteiger partial charge is 0.344 e. The Bertz CT molecular complexity index is 554. The number of nitrogens with two attached hydrogens (primary N) is 1. The van der Waals surface area contributed by atoms with Crippen molar-refractivity contribution in [2.24, 2.45) is 5.73 Å². The molecule has 1 heterocycles. The van der Waals surface area contributed by atoms with Gasteiger partial charge in [-0.1, -0.05) is 30.3 Å². The Morgan fingerprint density at radius 1 is 1.32 bits per heavy atom. The second kappa shape index (κ2) is 6.11. The van der Waals surface area contributed by atoms with Gasteiger partial charge in [-0.2, -0.15) is 0 Å². The van der Waals surface area contributed by atoms with Crippen molar-refractivity contribution >= 4 is 5.91 Å². The van der Waals surface area contributed by atoms with Crippen LogP contribution in [0.4, 0.5) is 0 Å². The number of aromatic nitrogens is 1. The molecule has 0 spiro atoms. The number of carbonyl (C=O) groups excluding carboxylic acids is 1. The molecule has 1 aromatic heterocycles. The first-order chi connectivity index (χ1) is 9.20. The van der Waals surface area contributed by atoms with Gasteiger partial charge < -0.3 is 11.1 Å². The lowest BCUT2D eigenvalue weighted by Crippen LogP contribution is -2.27. The Morgan fingerprint density at radius 2 is 2.05 bits per heavy atom. The molecular weight excluding hydrogens is 238 g/mol. The number of nitrogens with one attached hydrogen (secondary N) is 1. The molecule has 3 N–H and O–H groups in total. The summed E-state index contributed by atoms with van der Waals surface area (Å²) < 4.78 is 0. The van der Waals surface area contributed by atoms with Gasteiger partial charge in [-0.15, -0.1) is 0 Å². The third-order valence-electron chi connectivity index (χ3n) is 2.94. The second-order valence-electron chi connectivity index (χ2n) is 4.36. The molecule has 1 amide bonds. The quantitative estimate of drug-likeness (QED) is 0.878. The smallest absolute Gasteiger partial charge is 0.270 e. The van der Waals surface area contributed by atoms with Crippen LogP contribution in [0.3, 0.4) is 0 Å². The van der Waals surface area contributed by atoms with E-state index in [9.17, 15) is 4.79 Å². The number of amides is 1. The molecule has 2 rings (SSSR count). The number of hydrogen-bond donors (Lipinski definition) is 2. The van der Waals surface area contributed by atoms with Gasteiger partial charge in [0.15, 0.2) is 0 Å². The Hall–Kier alpha value is -2.20. The molecule has 0 radical (unpaired) electrons. The average molecular weight is 255 g/mol. The minimum absolute atomic E-state index is 0.0583. The number of nitrogens with zero attached hydrogens (tertiary/aromatic N) is 1. The topological polar surface area (TPSA) is 68.0 Å². The lowest BCUT2D eigenvalue weighted by Gasteiger charge is -2.14. The SMILES string of the molecule is CC(NC(=O)c1cc(CN)ccn1)c1ccccc1. The molecule has 1 unspecified atom stereocenters. The molecule has 0 fully saturated rings. The molecule has 98 valence electrons. The van der Waals surface area contributed by atoms with Crippen molar-refractivity contribution < 1.29 is 4.79 Å². The highest BCUT2D eigenvalue weighted by Crippen LogP contribution is 2.12. The fourth-order valence-corrected chi connectivity index (χ4v) is 1.82. The number of rotatable bonds is 4. The monoisotopic (exact) mass is 255 g/mol. The van der Waals surface area contributed by atoms with Gasteiger partial charge in [-0.05, 0) is 30.2 Å². The van der Waals surface area contributed by atoms with E-state index in [4.69, 9.17) is 5.73 Å². The predicted octanol–water partition coefficient (Wildman–Crippen LogP) is 2.03. The molecule has 2 aromatic rings. The number of carbonyl (C=O) groups is 1. The summed E-state index contributed by atoms with van der Waals surface area (Å²) >= 11 is 0. The van der Waals surface area contributed by atoms with Crippen LogP contribution < -0.4 is 11.1 Å². The van der Waals surface area contributed by atoms with Crippen LogP contribution in [0.1, 0.15) is 34.6 Å². The summed E-state index contributed by atoms with van der Waals surface area (Å²) in [4.78, 5) is 16.1. The van der Waals surface area contributed by atoms with Crippen LogP contribution in [0.15, 0.2) is 48.7 Å². The van der Waals surface area contributed by atoms with Gasteiger partial charge >= 0.3 is 0 Å². The normalized spacial score (nSPS) is 11.9. The van der Waals surface area contributed by atoms with Crippen LogP contribution in [0.5, 0.6) is 0 Å². The molecule has 0 saturated carbocycles. The standard InChI is InChI=1S/C15H17N3O/c1-11(13-5-3-2-4-6-13)18-15(19)14-9-12(10-16)7-8-17-14/h2-9,11H,10,16H2,1H3,(H,18,19). The zero-order chi connectivity index (χ0) is 13.7. The van der Waals surface area contributed by atoms with Gasteiger partial charge in [0.2, 0.25) is 0 Å². The molecule has 19 heavy (non-hydrogen) atoms. The number of benzene rings is 1. The second-order valence-corrected chi connectivity index (χ2v) is 4.36. The number of pyridine rings is 1. The first-order valence-electron chi connectivity index (χ1n) is 6.21. The van der Waals surface area contributed by atoms with Crippen LogP contribution in [0.2, 0.25) is 0 Å². The van der Waals surface area contributed by atoms with Gasteiger partial charge in [-0.25, -0.2) is 0 Å². The van der Waals surface area contributed by atoms with Gasteiger partial charge in [-0.3, -0.25) is 9.78 Å². The van der Waals surface area contributed by atoms with E-state index in [2.05, 4.69) is 10.3 Å². The first kappa shape index (κ1) is 13.2. The maximum absolute atomic E-state index is 12.1. The molecule has 1 aromatic carbocycles. The molecule has 1 atom stereocenters. The third kappa shape index (κ3) is 3.39. The van der Waals surface area contributed by atoms with Gasteiger partial charge in [0.05, 0.1) is 6.04 Å². The van der Waals surface area contributed by atoms with E-state index in [-0.39, 0.29) is 11.9 Å². The highest BCUT2D eigenvalue weighted by molar-refractivity contribution is 5.92. The van der Waals surface area contributed by atoms with Crippen LogP contribution in [-0.2, 0) is 6.54 Å². The molecule has 4 nitrogen and oxygen atoms in total. The summed E-state index contributed by atoms with van der Waals surface area (Å²) in [5, 5.41) is 2.92. The van der Waals surface area contributed by atoms with E-state index in [1.807, 2.05) is 37.3 Å². The zero-order valence-electron chi connectivity index (χ0n) is 10.8. The maximum Gasteiger partial charge on any atom is 0.270 e. The summed E-state index contributed by atoms with van der Waals surface area (Å²) in [5.74, 6) is -0.188. The van der Waals surface area contributed by atoms with Crippen LogP contribution >= 0.6 is 0 Å². The van der Waals surface area contributed by atoms with Crippen molar-refractivity contribution in [2.75, 3.05) is 0 Å². The van der Waals surface area contributed by atoms with E-state index < -0.39 is 0 Å². The van der Waals surface area contributed by atoms with E-state index in [0.29, 0.717) is 12.2 Å². The van der Waals surface area contributed by atoms with Crippen molar-refractivity contribution in [1.82, 2.24) is 10.3 Å². The highest BCUT2D eigenvalue weighted by Gasteiger charge is 2.12.